The van der Waals surface area contributed by atoms with Crippen LogP contribution in [0.1, 0.15) is 47.2 Å². The Kier molecular flexibility index (Phi) is 11.4. The van der Waals surface area contributed by atoms with E-state index in [2.05, 4.69) is 32.0 Å². The van der Waals surface area contributed by atoms with Gasteiger partial charge in [-0.2, -0.15) is 13.2 Å². The van der Waals surface area contributed by atoms with Crippen molar-refractivity contribution in [2.45, 2.75) is 45.7 Å². The van der Waals surface area contributed by atoms with E-state index in [-0.39, 0.29) is 5.82 Å². The Labute approximate surface area is 209 Å². The highest BCUT2D eigenvalue weighted by molar-refractivity contribution is 5.89. The first kappa shape index (κ1) is 29.3. The van der Waals surface area contributed by atoms with Gasteiger partial charge in [0.2, 0.25) is 6.29 Å². The highest BCUT2D eigenvalue weighted by Crippen LogP contribution is 2.24. The fourth-order valence-electron chi connectivity index (χ4n) is 4.29. The Morgan fingerprint density at radius 1 is 0.917 bits per heavy atom. The molecule has 1 heterocycles. The average molecular weight is 513 g/mol. The van der Waals surface area contributed by atoms with E-state index in [1.807, 2.05) is 0 Å². The first-order valence-corrected chi connectivity index (χ1v) is 12.1. The topological polar surface area (TPSA) is 52.6 Å². The molecule has 5 nitrogen and oxygen atoms in total. The van der Waals surface area contributed by atoms with Crippen molar-refractivity contribution in [2.24, 2.45) is 0 Å². The predicted molar refractivity (Wildman–Crippen MR) is 128 cm³/mol. The van der Waals surface area contributed by atoms with Crippen LogP contribution >= 0.6 is 0 Å². The van der Waals surface area contributed by atoms with Crippen LogP contribution in [0.25, 0.3) is 0 Å². The molecule has 0 amide bonds. The number of carbonyl (C=O) groups is 2. The zero-order valence-corrected chi connectivity index (χ0v) is 20.8. The molecule has 198 valence electrons. The zero-order valence-electron chi connectivity index (χ0n) is 20.8. The first-order chi connectivity index (χ1) is 17.1. The Morgan fingerprint density at radius 3 is 1.97 bits per heavy atom. The lowest BCUT2D eigenvalue weighted by Gasteiger charge is -2.37. The fourth-order valence-corrected chi connectivity index (χ4v) is 4.29. The van der Waals surface area contributed by atoms with E-state index in [4.69, 9.17) is 14.3 Å². The van der Waals surface area contributed by atoms with Gasteiger partial charge in [-0.15, -0.1) is 0 Å². The highest BCUT2D eigenvalue weighted by Gasteiger charge is 2.29. The van der Waals surface area contributed by atoms with E-state index >= 15 is 0 Å². The van der Waals surface area contributed by atoms with Crippen molar-refractivity contribution in [3.05, 3.63) is 65.0 Å². The maximum Gasteiger partial charge on any atom is 0.446 e. The third-order valence-corrected chi connectivity index (χ3v) is 6.25. The van der Waals surface area contributed by atoms with E-state index < -0.39 is 18.4 Å². The molecule has 1 aliphatic rings. The van der Waals surface area contributed by atoms with E-state index in [0.29, 0.717) is 18.8 Å². The summed E-state index contributed by atoms with van der Waals surface area (Å²) in [6, 6.07) is 11.7. The van der Waals surface area contributed by atoms with Crippen molar-refractivity contribution in [2.75, 3.05) is 39.4 Å². The standard InChI is InChI=1S/C25H33FNO3.C2HF3O/c1-20-8-7-9-21(2)24(20)29-18-16-27(14-5-3-4-6-15-27)17-19-30-25(28)22-10-12-23(26)13-11-22;3-2(4,5)1-6/h7-13H,3-6,14-19H2,1-2H3;1H/q+1;. The van der Waals surface area contributed by atoms with Gasteiger partial charge in [-0.3, -0.25) is 4.79 Å². The highest BCUT2D eigenvalue weighted by atomic mass is 19.4. The Bertz CT molecular complexity index is 948. The van der Waals surface area contributed by atoms with Crippen LogP contribution in [0.5, 0.6) is 5.75 Å². The molecule has 0 radical (unpaired) electrons. The van der Waals surface area contributed by atoms with Crippen molar-refractivity contribution in [3.63, 3.8) is 0 Å². The van der Waals surface area contributed by atoms with Crippen LogP contribution < -0.4 is 4.74 Å². The van der Waals surface area contributed by atoms with Gasteiger partial charge in [0.15, 0.2) is 0 Å². The molecular formula is C27H34F4NO4+. The Hall–Kier alpha value is -2.94. The van der Waals surface area contributed by atoms with Gasteiger partial charge in [0.25, 0.3) is 0 Å². The third kappa shape index (κ3) is 9.97. The van der Waals surface area contributed by atoms with Crippen LogP contribution in [0.2, 0.25) is 0 Å². The van der Waals surface area contributed by atoms with Gasteiger partial charge in [0, 0.05) is 0 Å². The van der Waals surface area contributed by atoms with Crippen LogP contribution in [-0.4, -0.2) is 62.3 Å². The summed E-state index contributed by atoms with van der Waals surface area (Å²) in [5, 5.41) is 0. The number of nitrogens with zero attached hydrogens (tertiary/aromatic N) is 1. The quantitative estimate of drug-likeness (QED) is 0.194. The number of hydrogen-bond acceptors (Lipinski definition) is 4. The lowest BCUT2D eigenvalue weighted by molar-refractivity contribution is -0.927. The minimum absolute atomic E-state index is 0.357. The minimum atomic E-state index is -4.64. The van der Waals surface area contributed by atoms with Crippen molar-refractivity contribution < 1.29 is 41.1 Å². The number of esters is 1. The van der Waals surface area contributed by atoms with Crippen LogP contribution in [0.15, 0.2) is 42.5 Å². The molecule has 1 saturated heterocycles. The number of carbonyl (C=O) groups excluding carboxylic acids is 2. The molecule has 0 atom stereocenters. The molecule has 1 aliphatic heterocycles. The van der Waals surface area contributed by atoms with E-state index in [1.165, 1.54) is 49.9 Å². The number of aldehydes is 1. The van der Waals surface area contributed by atoms with Gasteiger partial charge in [-0.05, 0) is 74.9 Å². The lowest BCUT2D eigenvalue weighted by atomic mass is 10.1. The summed E-state index contributed by atoms with van der Waals surface area (Å²) < 4.78 is 56.9. The monoisotopic (exact) mass is 512 g/mol. The summed E-state index contributed by atoms with van der Waals surface area (Å²) >= 11 is 0. The molecule has 3 rings (SSSR count). The Morgan fingerprint density at radius 2 is 1.44 bits per heavy atom. The molecule has 0 N–H and O–H groups in total. The van der Waals surface area contributed by atoms with Gasteiger partial charge >= 0.3 is 12.1 Å². The Balaban J connectivity index is 0.000000678. The van der Waals surface area contributed by atoms with Crippen LogP contribution in [0.4, 0.5) is 17.6 Å². The number of aryl methyl sites for hydroxylation is 2. The second-order valence-electron chi connectivity index (χ2n) is 9.02. The van der Waals surface area contributed by atoms with Crippen LogP contribution in [0, 0.1) is 19.7 Å². The summed E-state index contributed by atoms with van der Waals surface area (Å²) in [6.07, 6.45) is -0.808. The molecule has 0 aromatic heterocycles. The number of halogens is 4. The van der Waals surface area contributed by atoms with Gasteiger partial charge in [0.1, 0.15) is 37.9 Å². The smallest absolute Gasteiger partial charge is 0.446 e. The second-order valence-corrected chi connectivity index (χ2v) is 9.02. The van der Waals surface area contributed by atoms with Crippen LogP contribution in [-0.2, 0) is 9.53 Å². The maximum atomic E-state index is 13.1. The minimum Gasteiger partial charge on any atom is -0.487 e. The number of likely N-dealkylation sites (tertiary alicyclic amines) is 1. The van der Waals surface area contributed by atoms with Gasteiger partial charge in [-0.1, -0.05) is 18.2 Å². The predicted octanol–water partition coefficient (Wildman–Crippen LogP) is 5.82. The number of benzene rings is 2. The summed E-state index contributed by atoms with van der Waals surface area (Å²) in [7, 11) is 0. The number of hydrogen-bond donors (Lipinski definition) is 0. The molecule has 2 aromatic rings. The fraction of sp³-hybridized carbons (Fsp3) is 0.481. The third-order valence-electron chi connectivity index (χ3n) is 6.25. The zero-order chi connectivity index (χ0) is 26.6. The average Bonchev–Trinajstić information content (AvgIpc) is 3.07. The first-order valence-electron chi connectivity index (χ1n) is 12.1. The SMILES string of the molecule is Cc1cccc(C)c1OCC[N+]1(CCOC(=O)c2ccc(F)cc2)CCCCCC1.O=CC(F)(F)F. The molecule has 1 fully saturated rings. The van der Waals surface area contributed by atoms with E-state index in [9.17, 15) is 22.4 Å². The summed E-state index contributed by atoms with van der Waals surface area (Å²) in [5.41, 5.74) is 2.70. The molecule has 0 bridgehead atoms. The van der Waals surface area contributed by atoms with Crippen molar-refractivity contribution in [1.82, 2.24) is 0 Å². The lowest BCUT2D eigenvalue weighted by Crippen LogP contribution is -2.53. The summed E-state index contributed by atoms with van der Waals surface area (Å²) in [5.74, 6) is 0.229. The summed E-state index contributed by atoms with van der Waals surface area (Å²) in [4.78, 5) is 21.0. The summed E-state index contributed by atoms with van der Waals surface area (Å²) in [6.45, 7) is 9.03. The van der Waals surface area contributed by atoms with Crippen LogP contribution in [0.3, 0.4) is 0 Å². The van der Waals surface area contributed by atoms with Gasteiger partial charge in [0.05, 0.1) is 18.7 Å². The molecule has 36 heavy (non-hydrogen) atoms. The largest absolute Gasteiger partial charge is 0.487 e. The van der Waals surface area contributed by atoms with Crippen molar-refractivity contribution in [3.8, 4) is 5.75 Å². The van der Waals surface area contributed by atoms with E-state index in [1.54, 1.807) is 0 Å². The molecule has 0 spiro atoms. The number of quaternary nitrogens is 1. The van der Waals surface area contributed by atoms with Gasteiger partial charge in [-0.25, -0.2) is 9.18 Å². The number of ether oxygens (including phenoxy) is 2. The normalized spacial score (nSPS) is 15.2. The van der Waals surface area contributed by atoms with Crippen molar-refractivity contribution >= 4 is 12.3 Å². The number of rotatable bonds is 8. The molecule has 0 aliphatic carbocycles. The molecular weight excluding hydrogens is 478 g/mol. The van der Waals surface area contributed by atoms with E-state index in [0.717, 1.165) is 47.5 Å². The second kappa shape index (κ2) is 14.0. The maximum absolute atomic E-state index is 13.1. The molecule has 0 saturated carbocycles. The van der Waals surface area contributed by atoms with Gasteiger partial charge < -0.3 is 14.0 Å². The van der Waals surface area contributed by atoms with Crippen molar-refractivity contribution in [1.29, 1.82) is 0 Å². The molecule has 9 heteroatoms. The number of alkyl halides is 3. The molecule has 0 unspecified atom stereocenters. The number of para-hydroxylation sites is 1. The molecule has 2 aromatic carbocycles.